The molecule has 1 N–H and O–H groups in total. The smallest absolute Gasteiger partial charge is 0.335 e. The second kappa shape index (κ2) is 10.5. The molecule has 0 saturated carbocycles. The second-order valence-electron chi connectivity index (χ2n) is 6.21. The van der Waals surface area contributed by atoms with Crippen molar-refractivity contribution < 1.29 is 4.57 Å². The van der Waals surface area contributed by atoms with Crippen molar-refractivity contribution in [2.24, 2.45) is 0 Å². The molecule has 3 aromatic rings. The fourth-order valence-corrected chi connectivity index (χ4v) is 3.59. The molecule has 0 aliphatic rings. The maximum atomic E-state index is 11.5. The number of pyridine rings is 1. The van der Waals surface area contributed by atoms with Crippen LogP contribution in [0.3, 0.4) is 0 Å². The van der Waals surface area contributed by atoms with Crippen molar-refractivity contribution in [2.45, 2.75) is 33.6 Å². The van der Waals surface area contributed by atoms with Gasteiger partial charge in [0.05, 0.1) is 17.8 Å². The maximum Gasteiger partial charge on any atom is 0.335 e. The van der Waals surface area contributed by atoms with Gasteiger partial charge in [0, 0.05) is 23.7 Å². The fourth-order valence-electron chi connectivity index (χ4n) is 3.04. The van der Waals surface area contributed by atoms with Crippen LogP contribution in [-0.2, 0) is 17.4 Å². The SMILES string of the molecule is CC.[C-]#[N+]c1cnc2cc(CC[P+](C)=O)c(CC)cc2c1Nc1ccccc1. The van der Waals surface area contributed by atoms with Gasteiger partial charge in [-0.2, -0.15) is 0 Å². The highest BCUT2D eigenvalue weighted by Crippen LogP contribution is 2.36. The lowest BCUT2D eigenvalue weighted by Crippen LogP contribution is -1.99. The Hall–Kier alpha value is -2.76. The van der Waals surface area contributed by atoms with Crippen LogP contribution < -0.4 is 5.32 Å². The number of hydrogen-bond acceptors (Lipinski definition) is 3. The molecule has 1 unspecified atom stereocenters. The lowest BCUT2D eigenvalue weighted by molar-refractivity contribution is 0.590. The Balaban J connectivity index is 0.00000136. The molecule has 0 saturated heterocycles. The normalized spacial score (nSPS) is 10.6. The fraction of sp³-hybridized carbons (Fsp3) is 0.304. The minimum atomic E-state index is -1.15. The van der Waals surface area contributed by atoms with Gasteiger partial charge in [0.2, 0.25) is 5.69 Å². The van der Waals surface area contributed by atoms with E-state index in [-0.39, 0.29) is 0 Å². The second-order valence-corrected chi connectivity index (χ2v) is 7.92. The molecule has 0 fully saturated rings. The van der Waals surface area contributed by atoms with Gasteiger partial charge in [0.1, 0.15) is 12.8 Å². The van der Waals surface area contributed by atoms with Crippen molar-refractivity contribution in [3.63, 3.8) is 0 Å². The first-order valence-corrected chi connectivity index (χ1v) is 11.5. The van der Waals surface area contributed by atoms with Crippen molar-refractivity contribution in [3.05, 3.63) is 71.2 Å². The zero-order chi connectivity index (χ0) is 20.5. The maximum absolute atomic E-state index is 11.5. The number of rotatable bonds is 6. The van der Waals surface area contributed by atoms with Crippen molar-refractivity contribution in [3.8, 4) is 0 Å². The highest BCUT2D eigenvalue weighted by molar-refractivity contribution is 7.43. The molecule has 0 spiro atoms. The Kier molecular flexibility index (Phi) is 8.11. The Morgan fingerprint density at radius 1 is 1.14 bits per heavy atom. The van der Waals surface area contributed by atoms with Crippen LogP contribution in [0.1, 0.15) is 31.9 Å². The number of nitrogens with one attached hydrogen (secondary N) is 1. The van der Waals surface area contributed by atoms with E-state index >= 15 is 0 Å². The van der Waals surface area contributed by atoms with Crippen molar-refractivity contribution in [1.29, 1.82) is 0 Å². The number of aromatic nitrogens is 1. The standard InChI is InChI=1S/C21H21N3OP.C2H6/c1-4-15-12-18-19(13-16(15)10-11-26(3)25)23-14-20(22-2)21(18)24-17-8-6-5-7-9-17;1-2/h5-9,12-14H,4,10-11H2,1,3H3,(H,23,24);1-2H3/q+1;. The average Bonchev–Trinajstić information content (AvgIpc) is 2.74. The monoisotopic (exact) mass is 392 g/mol. The summed E-state index contributed by atoms with van der Waals surface area (Å²) in [6, 6.07) is 14.1. The summed E-state index contributed by atoms with van der Waals surface area (Å²) in [4.78, 5) is 8.13. The Labute approximate surface area is 168 Å². The predicted octanol–water partition coefficient (Wildman–Crippen LogP) is 7.12. The number of fused-ring (bicyclic) bond motifs is 1. The van der Waals surface area contributed by atoms with Crippen molar-refractivity contribution in [2.75, 3.05) is 18.1 Å². The first-order valence-electron chi connectivity index (χ1n) is 9.64. The molecule has 0 aliphatic heterocycles. The third-order valence-electron chi connectivity index (χ3n) is 4.41. The summed E-state index contributed by atoms with van der Waals surface area (Å²) in [5, 5.41) is 4.33. The van der Waals surface area contributed by atoms with Crippen LogP contribution >= 0.6 is 7.80 Å². The summed E-state index contributed by atoms with van der Waals surface area (Å²) in [5.41, 5.74) is 5.50. The molecule has 1 heterocycles. The van der Waals surface area contributed by atoms with Gasteiger partial charge >= 0.3 is 7.80 Å². The number of aryl methyl sites for hydroxylation is 2. The van der Waals surface area contributed by atoms with Gasteiger partial charge in [-0.15, -0.1) is 0 Å². The number of anilines is 2. The molecule has 5 heteroatoms. The Morgan fingerprint density at radius 2 is 1.86 bits per heavy atom. The first kappa shape index (κ1) is 21.5. The van der Waals surface area contributed by atoms with Crippen LogP contribution in [0.25, 0.3) is 15.7 Å². The number of hydrogen-bond donors (Lipinski definition) is 1. The van der Waals surface area contributed by atoms with E-state index in [0.29, 0.717) is 11.8 Å². The molecule has 144 valence electrons. The molecule has 0 bridgehead atoms. The minimum Gasteiger partial charge on any atom is -0.364 e. The highest BCUT2D eigenvalue weighted by Gasteiger charge is 2.14. The molecule has 1 aromatic heterocycles. The molecular formula is C23H27N3OP+. The van der Waals surface area contributed by atoms with E-state index in [1.807, 2.05) is 44.2 Å². The summed E-state index contributed by atoms with van der Waals surface area (Å²) in [5.74, 6) is 0. The third kappa shape index (κ3) is 5.15. The van der Waals surface area contributed by atoms with Gasteiger partial charge in [0.25, 0.3) is 0 Å². The molecule has 4 nitrogen and oxygen atoms in total. The quantitative estimate of drug-likeness (QED) is 0.359. The zero-order valence-corrected chi connectivity index (χ0v) is 17.9. The van der Waals surface area contributed by atoms with Crippen LogP contribution in [0, 0.1) is 6.57 Å². The minimum absolute atomic E-state index is 0.507. The highest BCUT2D eigenvalue weighted by atomic mass is 31.1. The van der Waals surface area contributed by atoms with Crippen molar-refractivity contribution >= 4 is 35.8 Å². The van der Waals surface area contributed by atoms with E-state index in [2.05, 4.69) is 34.2 Å². The van der Waals surface area contributed by atoms with Crippen LogP contribution in [-0.4, -0.2) is 17.8 Å². The van der Waals surface area contributed by atoms with Gasteiger partial charge in [-0.1, -0.05) is 43.5 Å². The molecule has 28 heavy (non-hydrogen) atoms. The van der Waals surface area contributed by atoms with E-state index in [1.54, 1.807) is 12.9 Å². The number of para-hydroxylation sites is 1. The summed E-state index contributed by atoms with van der Waals surface area (Å²) in [7, 11) is -1.15. The third-order valence-corrected chi connectivity index (χ3v) is 5.26. The first-order chi connectivity index (χ1) is 13.6. The van der Waals surface area contributed by atoms with E-state index in [4.69, 9.17) is 6.57 Å². The van der Waals surface area contributed by atoms with Gasteiger partial charge in [-0.25, -0.2) is 4.85 Å². The lowest BCUT2D eigenvalue weighted by Gasteiger charge is -2.14. The Bertz CT molecular complexity index is 994. The number of nitrogens with zero attached hydrogens (tertiary/aromatic N) is 2. The summed E-state index contributed by atoms with van der Waals surface area (Å²) < 4.78 is 11.5. The van der Waals surface area contributed by atoms with Crippen LogP contribution in [0.4, 0.5) is 17.1 Å². The van der Waals surface area contributed by atoms with Crippen molar-refractivity contribution in [1.82, 2.24) is 4.98 Å². The molecule has 0 amide bonds. The van der Waals surface area contributed by atoms with Crippen LogP contribution in [0.5, 0.6) is 0 Å². The van der Waals surface area contributed by atoms with Gasteiger partial charge in [-0.3, -0.25) is 4.98 Å². The molecule has 2 aromatic carbocycles. The van der Waals surface area contributed by atoms with E-state index in [1.165, 1.54) is 11.1 Å². The molecule has 0 radical (unpaired) electrons. The average molecular weight is 392 g/mol. The van der Waals surface area contributed by atoms with Gasteiger partial charge in [0.15, 0.2) is 0 Å². The summed E-state index contributed by atoms with van der Waals surface area (Å²) in [6.45, 7) is 15.4. The molecular weight excluding hydrogens is 365 g/mol. The molecule has 1 atom stereocenters. The Morgan fingerprint density at radius 3 is 2.46 bits per heavy atom. The van der Waals surface area contributed by atoms with Gasteiger partial charge < -0.3 is 5.32 Å². The lowest BCUT2D eigenvalue weighted by atomic mass is 9.99. The molecule has 0 aliphatic carbocycles. The zero-order valence-electron chi connectivity index (χ0n) is 17.0. The topological polar surface area (TPSA) is 46.4 Å². The predicted molar refractivity (Wildman–Crippen MR) is 121 cm³/mol. The van der Waals surface area contributed by atoms with Crippen LogP contribution in [0.2, 0.25) is 0 Å². The van der Waals surface area contributed by atoms with Crippen LogP contribution in [0.15, 0.2) is 48.7 Å². The van der Waals surface area contributed by atoms with E-state index in [9.17, 15) is 4.57 Å². The summed E-state index contributed by atoms with van der Waals surface area (Å²) >= 11 is 0. The van der Waals surface area contributed by atoms with E-state index < -0.39 is 7.80 Å². The van der Waals surface area contributed by atoms with Gasteiger partial charge in [-0.05, 0) is 41.8 Å². The largest absolute Gasteiger partial charge is 0.364 e. The molecule has 3 rings (SSSR count). The van der Waals surface area contributed by atoms with E-state index in [0.717, 1.165) is 35.1 Å². The summed E-state index contributed by atoms with van der Waals surface area (Å²) in [6.07, 6.45) is 3.98. The number of benzene rings is 2.